The number of benzene rings is 1. The highest BCUT2D eigenvalue weighted by atomic mass is 35.5. The second-order valence-electron chi connectivity index (χ2n) is 6.37. The first-order valence-corrected chi connectivity index (χ1v) is 9.05. The second-order valence-corrected chi connectivity index (χ2v) is 6.78. The van der Waals surface area contributed by atoms with Gasteiger partial charge in [-0.3, -0.25) is 4.79 Å². The number of ketones is 1. The highest BCUT2D eigenvalue weighted by molar-refractivity contribution is 6.34. The Morgan fingerprint density at radius 3 is 2.55 bits per heavy atom. The standard InChI is InChI=1S/C18H17ClF3N3O4/c19-12-4-2-1-3-11(12)13(26)9-29-17(27)14-15(18(20,21)22)24-25(16(14)23)10-5-7-28-8-6-10/h1-4,10H,5-9,23H2. The zero-order chi connectivity index (χ0) is 21.2. The molecule has 1 aliphatic rings. The predicted molar refractivity (Wildman–Crippen MR) is 96.8 cm³/mol. The maximum absolute atomic E-state index is 13.4. The third-order valence-electron chi connectivity index (χ3n) is 4.47. The Labute approximate surface area is 168 Å². The number of carbonyl (C=O) groups is 2. The van der Waals surface area contributed by atoms with Crippen molar-refractivity contribution in [3.63, 3.8) is 0 Å². The number of aromatic nitrogens is 2. The van der Waals surface area contributed by atoms with Gasteiger partial charge in [-0.15, -0.1) is 0 Å². The largest absolute Gasteiger partial charge is 0.454 e. The van der Waals surface area contributed by atoms with Crippen LogP contribution in [0.5, 0.6) is 0 Å². The van der Waals surface area contributed by atoms with Gasteiger partial charge in [0.25, 0.3) is 0 Å². The predicted octanol–water partition coefficient (Wildman–Crippen LogP) is 3.53. The van der Waals surface area contributed by atoms with Crippen LogP contribution >= 0.6 is 11.6 Å². The van der Waals surface area contributed by atoms with Crippen molar-refractivity contribution in [3.05, 3.63) is 46.1 Å². The van der Waals surface area contributed by atoms with E-state index in [-0.39, 0.29) is 10.6 Å². The third-order valence-corrected chi connectivity index (χ3v) is 4.80. The maximum Gasteiger partial charge on any atom is 0.436 e. The molecule has 156 valence electrons. The number of ether oxygens (including phenoxy) is 2. The van der Waals surface area contributed by atoms with Gasteiger partial charge in [-0.1, -0.05) is 23.7 Å². The first kappa shape index (κ1) is 21.1. The highest BCUT2D eigenvalue weighted by Gasteiger charge is 2.42. The number of alkyl halides is 3. The minimum Gasteiger partial charge on any atom is -0.454 e. The van der Waals surface area contributed by atoms with E-state index < -0.39 is 47.7 Å². The summed E-state index contributed by atoms with van der Waals surface area (Å²) in [6.45, 7) is -0.101. The molecule has 0 atom stereocenters. The fourth-order valence-electron chi connectivity index (χ4n) is 3.02. The van der Waals surface area contributed by atoms with Crippen LogP contribution in [-0.2, 0) is 15.7 Å². The molecule has 1 aromatic heterocycles. The first-order chi connectivity index (χ1) is 13.7. The smallest absolute Gasteiger partial charge is 0.436 e. The summed E-state index contributed by atoms with van der Waals surface area (Å²) in [5.74, 6) is -2.50. The van der Waals surface area contributed by atoms with Crippen molar-refractivity contribution >= 4 is 29.2 Å². The van der Waals surface area contributed by atoms with E-state index in [4.69, 9.17) is 26.8 Å². The van der Waals surface area contributed by atoms with Crippen LogP contribution in [0.15, 0.2) is 24.3 Å². The Balaban J connectivity index is 1.84. The molecule has 0 aliphatic carbocycles. The monoisotopic (exact) mass is 431 g/mol. The summed E-state index contributed by atoms with van der Waals surface area (Å²) in [5.41, 5.74) is 3.56. The van der Waals surface area contributed by atoms with Crippen molar-refractivity contribution < 1.29 is 32.2 Å². The Hall–Kier alpha value is -2.59. The number of rotatable bonds is 5. The molecule has 11 heteroatoms. The maximum atomic E-state index is 13.4. The summed E-state index contributed by atoms with van der Waals surface area (Å²) in [7, 11) is 0. The lowest BCUT2D eigenvalue weighted by Gasteiger charge is -2.23. The van der Waals surface area contributed by atoms with Crippen molar-refractivity contribution in [1.82, 2.24) is 9.78 Å². The van der Waals surface area contributed by atoms with Gasteiger partial charge < -0.3 is 15.2 Å². The minimum absolute atomic E-state index is 0.0869. The van der Waals surface area contributed by atoms with Crippen LogP contribution in [0.2, 0.25) is 5.02 Å². The number of nitrogen functional groups attached to an aromatic ring is 1. The van der Waals surface area contributed by atoms with Gasteiger partial charge in [0.2, 0.25) is 5.78 Å². The van der Waals surface area contributed by atoms with Crippen LogP contribution in [0.4, 0.5) is 19.0 Å². The van der Waals surface area contributed by atoms with Crippen molar-refractivity contribution in [1.29, 1.82) is 0 Å². The van der Waals surface area contributed by atoms with E-state index in [1.165, 1.54) is 12.1 Å². The molecule has 0 saturated carbocycles. The average Bonchev–Trinajstić information content (AvgIpc) is 3.04. The van der Waals surface area contributed by atoms with Gasteiger partial charge in [-0.25, -0.2) is 9.48 Å². The van der Waals surface area contributed by atoms with Gasteiger partial charge in [-0.05, 0) is 25.0 Å². The summed E-state index contributed by atoms with van der Waals surface area (Å²) in [4.78, 5) is 24.6. The van der Waals surface area contributed by atoms with Crippen LogP contribution in [0.3, 0.4) is 0 Å². The van der Waals surface area contributed by atoms with Gasteiger partial charge in [0.1, 0.15) is 11.4 Å². The quantitative estimate of drug-likeness (QED) is 0.574. The van der Waals surface area contributed by atoms with Crippen LogP contribution in [-0.4, -0.2) is 41.4 Å². The molecule has 1 saturated heterocycles. The molecule has 0 unspecified atom stereocenters. The number of Topliss-reactive ketones (excluding diaryl/α,β-unsaturated/α-hetero) is 1. The van der Waals surface area contributed by atoms with Crippen LogP contribution in [0.1, 0.15) is 45.3 Å². The molecular weight excluding hydrogens is 415 g/mol. The van der Waals surface area contributed by atoms with Crippen molar-refractivity contribution in [3.8, 4) is 0 Å². The Bertz CT molecular complexity index is 924. The van der Waals surface area contributed by atoms with Gasteiger partial charge in [0.05, 0.1) is 11.1 Å². The van der Waals surface area contributed by atoms with Gasteiger partial charge in [-0.2, -0.15) is 18.3 Å². The Kier molecular flexibility index (Phi) is 6.13. The van der Waals surface area contributed by atoms with Crippen molar-refractivity contribution in [2.24, 2.45) is 0 Å². The Morgan fingerprint density at radius 1 is 1.28 bits per heavy atom. The third kappa shape index (κ3) is 4.54. The van der Waals surface area contributed by atoms with E-state index in [1.54, 1.807) is 12.1 Å². The van der Waals surface area contributed by atoms with Gasteiger partial charge >= 0.3 is 12.1 Å². The van der Waals surface area contributed by atoms with Crippen molar-refractivity contribution in [2.75, 3.05) is 25.6 Å². The number of hydrogen-bond acceptors (Lipinski definition) is 6. The van der Waals surface area contributed by atoms with Crippen molar-refractivity contribution in [2.45, 2.75) is 25.1 Å². The number of anilines is 1. The molecule has 3 rings (SSSR count). The summed E-state index contributed by atoms with van der Waals surface area (Å²) in [5, 5.41) is 3.66. The summed E-state index contributed by atoms with van der Waals surface area (Å²) < 4.78 is 51.3. The number of nitrogens with zero attached hydrogens (tertiary/aromatic N) is 2. The number of carbonyl (C=O) groups excluding carboxylic acids is 2. The Morgan fingerprint density at radius 2 is 1.93 bits per heavy atom. The zero-order valence-electron chi connectivity index (χ0n) is 15.0. The first-order valence-electron chi connectivity index (χ1n) is 8.68. The van der Waals surface area contributed by atoms with E-state index in [2.05, 4.69) is 5.10 Å². The molecule has 29 heavy (non-hydrogen) atoms. The van der Waals surface area contributed by atoms with Gasteiger partial charge in [0.15, 0.2) is 12.3 Å². The molecule has 0 amide bonds. The van der Waals surface area contributed by atoms with E-state index in [0.29, 0.717) is 26.1 Å². The minimum atomic E-state index is -4.92. The molecular formula is C18H17ClF3N3O4. The number of halogens is 4. The van der Waals surface area contributed by atoms with Crippen LogP contribution < -0.4 is 5.73 Å². The van der Waals surface area contributed by atoms with E-state index in [9.17, 15) is 22.8 Å². The molecule has 2 N–H and O–H groups in total. The molecule has 0 radical (unpaired) electrons. The second kappa shape index (κ2) is 8.42. The summed E-state index contributed by atoms with van der Waals surface area (Å²) in [6.07, 6.45) is -4.11. The lowest BCUT2D eigenvalue weighted by molar-refractivity contribution is -0.142. The lowest BCUT2D eigenvalue weighted by Crippen LogP contribution is -2.22. The highest BCUT2D eigenvalue weighted by Crippen LogP contribution is 2.36. The molecule has 0 spiro atoms. The number of esters is 1. The topological polar surface area (TPSA) is 96.4 Å². The summed E-state index contributed by atoms with van der Waals surface area (Å²) >= 11 is 5.90. The number of nitrogens with two attached hydrogens (primary N) is 1. The normalized spacial score (nSPS) is 15.3. The fourth-order valence-corrected chi connectivity index (χ4v) is 3.26. The van der Waals surface area contributed by atoms with E-state index in [1.807, 2.05) is 0 Å². The molecule has 1 aliphatic heterocycles. The zero-order valence-corrected chi connectivity index (χ0v) is 15.8. The molecule has 2 aromatic rings. The SMILES string of the molecule is Nc1c(C(=O)OCC(=O)c2ccccc2Cl)c(C(F)(F)F)nn1C1CCOCC1. The molecule has 1 fully saturated rings. The molecule has 1 aromatic carbocycles. The summed E-state index contributed by atoms with van der Waals surface area (Å²) in [6, 6.07) is 5.60. The van der Waals surface area contributed by atoms with E-state index in [0.717, 1.165) is 4.68 Å². The van der Waals surface area contributed by atoms with Gasteiger partial charge in [0, 0.05) is 18.8 Å². The van der Waals surface area contributed by atoms with Crippen LogP contribution in [0, 0.1) is 0 Å². The average molecular weight is 432 g/mol. The lowest BCUT2D eigenvalue weighted by atomic mass is 10.1. The van der Waals surface area contributed by atoms with Crippen LogP contribution in [0.25, 0.3) is 0 Å². The fraction of sp³-hybridized carbons (Fsp3) is 0.389. The number of hydrogen-bond donors (Lipinski definition) is 1. The van der Waals surface area contributed by atoms with E-state index >= 15 is 0 Å². The molecule has 2 heterocycles. The molecule has 7 nitrogen and oxygen atoms in total. The molecule has 0 bridgehead atoms.